The Morgan fingerprint density at radius 1 is 1.50 bits per heavy atom. The Bertz CT molecular complexity index is 197. The minimum atomic E-state index is -0.209. The van der Waals surface area contributed by atoms with Crippen LogP contribution in [-0.2, 0) is 9.47 Å². The molecule has 0 radical (unpaired) electrons. The van der Waals surface area contributed by atoms with Crippen molar-refractivity contribution in [1.29, 1.82) is 0 Å². The zero-order valence-corrected chi connectivity index (χ0v) is 10.9. The summed E-state index contributed by atoms with van der Waals surface area (Å²) in [6, 6.07) is 0. The first-order valence-corrected chi connectivity index (χ1v) is 6.28. The molecule has 2 atom stereocenters. The maximum absolute atomic E-state index is 6.01. The van der Waals surface area contributed by atoms with E-state index in [4.69, 9.17) is 15.2 Å². The van der Waals surface area contributed by atoms with Crippen molar-refractivity contribution in [2.45, 2.75) is 38.8 Å². The van der Waals surface area contributed by atoms with E-state index in [1.54, 1.807) is 0 Å². The van der Waals surface area contributed by atoms with Crippen LogP contribution < -0.4 is 5.73 Å². The quantitative estimate of drug-likeness (QED) is 0.735. The zero-order chi connectivity index (χ0) is 12.0. The third-order valence-electron chi connectivity index (χ3n) is 3.21. The fourth-order valence-corrected chi connectivity index (χ4v) is 1.69. The molecule has 96 valence electrons. The van der Waals surface area contributed by atoms with E-state index in [-0.39, 0.29) is 11.6 Å². The zero-order valence-electron chi connectivity index (χ0n) is 10.9. The van der Waals surface area contributed by atoms with Crippen molar-refractivity contribution in [3.05, 3.63) is 0 Å². The molecule has 1 rings (SSSR count). The molecule has 0 saturated carbocycles. The molecule has 0 amide bonds. The topological polar surface area (TPSA) is 47.7 Å². The molecule has 1 aliphatic heterocycles. The van der Waals surface area contributed by atoms with Crippen LogP contribution in [0.1, 0.15) is 27.2 Å². The van der Waals surface area contributed by atoms with Gasteiger partial charge in [-0.15, -0.1) is 0 Å². The normalized spacial score (nSPS) is 26.6. The molecule has 0 aromatic heterocycles. The Morgan fingerprint density at radius 3 is 2.88 bits per heavy atom. The highest BCUT2D eigenvalue weighted by atomic mass is 16.5. The molecule has 1 saturated heterocycles. The molecule has 0 bridgehead atoms. The molecule has 0 aliphatic carbocycles. The summed E-state index contributed by atoms with van der Waals surface area (Å²) >= 11 is 0. The summed E-state index contributed by atoms with van der Waals surface area (Å²) in [5, 5.41) is 0. The van der Waals surface area contributed by atoms with Crippen molar-refractivity contribution in [2.75, 3.05) is 39.5 Å². The lowest BCUT2D eigenvalue weighted by atomic mass is 10.0. The van der Waals surface area contributed by atoms with Crippen molar-refractivity contribution in [2.24, 2.45) is 5.73 Å². The number of likely N-dealkylation sites (N-methyl/N-ethyl adjacent to an activating group) is 1. The molecule has 0 aromatic rings. The Morgan fingerprint density at radius 2 is 2.25 bits per heavy atom. The molecule has 16 heavy (non-hydrogen) atoms. The molecule has 0 aromatic carbocycles. The lowest BCUT2D eigenvalue weighted by Gasteiger charge is -2.32. The highest BCUT2D eigenvalue weighted by Gasteiger charge is 2.21. The van der Waals surface area contributed by atoms with Gasteiger partial charge in [0.05, 0.1) is 25.9 Å². The van der Waals surface area contributed by atoms with Crippen LogP contribution >= 0.6 is 0 Å². The number of hydrogen-bond acceptors (Lipinski definition) is 4. The molecule has 2 N–H and O–H groups in total. The third kappa shape index (κ3) is 4.78. The summed E-state index contributed by atoms with van der Waals surface area (Å²) < 4.78 is 11.3. The number of rotatable bonds is 6. The Balaban J connectivity index is 2.17. The van der Waals surface area contributed by atoms with Crippen molar-refractivity contribution < 1.29 is 9.47 Å². The predicted molar refractivity (Wildman–Crippen MR) is 65.6 cm³/mol. The lowest BCUT2D eigenvalue weighted by molar-refractivity contribution is -0.0731. The summed E-state index contributed by atoms with van der Waals surface area (Å²) in [7, 11) is 0. The maximum atomic E-state index is 6.01. The van der Waals surface area contributed by atoms with E-state index in [0.29, 0.717) is 13.2 Å². The molecular formula is C12H26N2O2. The highest BCUT2D eigenvalue weighted by molar-refractivity contribution is 4.76. The molecule has 0 spiro atoms. The second-order valence-corrected chi connectivity index (χ2v) is 4.91. The number of morpholine rings is 1. The summed E-state index contributed by atoms with van der Waals surface area (Å²) in [6.45, 7) is 11.5. The largest absolute Gasteiger partial charge is 0.377 e. The second kappa shape index (κ2) is 6.55. The minimum Gasteiger partial charge on any atom is -0.377 e. The number of nitrogens with zero attached hydrogens (tertiary/aromatic N) is 1. The van der Waals surface area contributed by atoms with Gasteiger partial charge >= 0.3 is 0 Å². The molecular weight excluding hydrogens is 204 g/mol. The van der Waals surface area contributed by atoms with E-state index in [1.807, 2.05) is 6.92 Å². The van der Waals surface area contributed by atoms with E-state index in [1.165, 1.54) is 0 Å². The van der Waals surface area contributed by atoms with Gasteiger partial charge in [0.25, 0.3) is 0 Å². The van der Waals surface area contributed by atoms with Crippen LogP contribution in [0.5, 0.6) is 0 Å². The van der Waals surface area contributed by atoms with Gasteiger partial charge < -0.3 is 15.2 Å². The first-order chi connectivity index (χ1) is 7.57. The van der Waals surface area contributed by atoms with E-state index >= 15 is 0 Å². The molecule has 4 nitrogen and oxygen atoms in total. The van der Waals surface area contributed by atoms with Crippen molar-refractivity contribution in [1.82, 2.24) is 4.90 Å². The van der Waals surface area contributed by atoms with Gasteiger partial charge in [-0.1, -0.05) is 13.8 Å². The maximum Gasteiger partial charge on any atom is 0.0935 e. The van der Waals surface area contributed by atoms with Gasteiger partial charge in [0.2, 0.25) is 0 Å². The van der Waals surface area contributed by atoms with Gasteiger partial charge in [-0.25, -0.2) is 0 Å². The van der Waals surface area contributed by atoms with Gasteiger partial charge in [0.15, 0.2) is 0 Å². The Hall–Kier alpha value is -0.160. The summed E-state index contributed by atoms with van der Waals surface area (Å²) in [5.41, 5.74) is 5.80. The number of ether oxygens (including phenoxy) is 2. The van der Waals surface area contributed by atoms with Gasteiger partial charge in [-0.3, -0.25) is 4.90 Å². The Kier molecular flexibility index (Phi) is 5.69. The van der Waals surface area contributed by atoms with Crippen LogP contribution in [0.4, 0.5) is 0 Å². The first kappa shape index (κ1) is 13.9. The SMILES string of the molecule is CCN1CCOC(COCC(C)(N)CC)C1. The van der Waals surface area contributed by atoms with Crippen molar-refractivity contribution in [3.8, 4) is 0 Å². The molecule has 1 aliphatic rings. The van der Waals surface area contributed by atoms with Crippen LogP contribution in [0.2, 0.25) is 0 Å². The molecule has 1 fully saturated rings. The monoisotopic (exact) mass is 230 g/mol. The van der Waals surface area contributed by atoms with E-state index in [0.717, 1.165) is 32.7 Å². The van der Waals surface area contributed by atoms with Crippen LogP contribution in [0, 0.1) is 0 Å². The van der Waals surface area contributed by atoms with Gasteiger partial charge in [0.1, 0.15) is 0 Å². The second-order valence-electron chi connectivity index (χ2n) is 4.91. The van der Waals surface area contributed by atoms with E-state index < -0.39 is 0 Å². The summed E-state index contributed by atoms with van der Waals surface area (Å²) in [6.07, 6.45) is 1.14. The first-order valence-electron chi connectivity index (χ1n) is 6.28. The summed E-state index contributed by atoms with van der Waals surface area (Å²) in [5.74, 6) is 0. The van der Waals surface area contributed by atoms with Crippen LogP contribution in [0.3, 0.4) is 0 Å². The van der Waals surface area contributed by atoms with Crippen molar-refractivity contribution >= 4 is 0 Å². The molecule has 4 heteroatoms. The fourth-order valence-electron chi connectivity index (χ4n) is 1.69. The lowest BCUT2D eigenvalue weighted by Crippen LogP contribution is -2.46. The molecule has 1 heterocycles. The Labute approximate surface area is 99.1 Å². The smallest absolute Gasteiger partial charge is 0.0935 e. The predicted octanol–water partition coefficient (Wildman–Crippen LogP) is 0.851. The molecule has 2 unspecified atom stereocenters. The van der Waals surface area contributed by atoms with E-state index in [9.17, 15) is 0 Å². The van der Waals surface area contributed by atoms with Crippen LogP contribution in [0.15, 0.2) is 0 Å². The van der Waals surface area contributed by atoms with Crippen LogP contribution in [0.25, 0.3) is 0 Å². The average Bonchev–Trinajstić information content (AvgIpc) is 2.29. The number of nitrogens with two attached hydrogens (primary N) is 1. The number of hydrogen-bond donors (Lipinski definition) is 1. The third-order valence-corrected chi connectivity index (χ3v) is 3.21. The fraction of sp³-hybridized carbons (Fsp3) is 1.00. The highest BCUT2D eigenvalue weighted by Crippen LogP contribution is 2.08. The standard InChI is InChI=1S/C12H26N2O2/c1-4-12(3,13)10-15-9-11-8-14(5-2)6-7-16-11/h11H,4-10,13H2,1-3H3. The van der Waals surface area contributed by atoms with Gasteiger partial charge in [-0.2, -0.15) is 0 Å². The minimum absolute atomic E-state index is 0.209. The average molecular weight is 230 g/mol. The van der Waals surface area contributed by atoms with E-state index in [2.05, 4.69) is 18.7 Å². The summed E-state index contributed by atoms with van der Waals surface area (Å²) in [4.78, 5) is 2.39. The van der Waals surface area contributed by atoms with Gasteiger partial charge in [0, 0.05) is 18.6 Å². The van der Waals surface area contributed by atoms with Crippen LogP contribution in [-0.4, -0.2) is 56.0 Å². The van der Waals surface area contributed by atoms with Gasteiger partial charge in [-0.05, 0) is 19.9 Å². The van der Waals surface area contributed by atoms with Crippen molar-refractivity contribution in [3.63, 3.8) is 0 Å².